The molecule has 0 radical (unpaired) electrons. The molecule has 118 valence electrons. The van der Waals surface area contributed by atoms with Crippen LogP contribution in [0.4, 0.5) is 4.79 Å². The van der Waals surface area contributed by atoms with E-state index in [0.717, 1.165) is 32.5 Å². The monoisotopic (exact) mass is 311 g/mol. The van der Waals surface area contributed by atoms with Gasteiger partial charge in [-0.3, -0.25) is 9.88 Å². The fourth-order valence-corrected chi connectivity index (χ4v) is 3.27. The van der Waals surface area contributed by atoms with Crippen LogP contribution < -0.4 is 0 Å². The van der Waals surface area contributed by atoms with E-state index < -0.39 is 5.60 Å². The number of hydrogen-bond donors (Lipinski definition) is 0. The lowest BCUT2D eigenvalue weighted by atomic mass is 10.2. The fraction of sp³-hybridized carbons (Fsp3) is 0.733. The number of carbonyl (C=O) groups is 1. The van der Waals surface area contributed by atoms with Crippen molar-refractivity contribution in [2.75, 3.05) is 20.1 Å². The van der Waals surface area contributed by atoms with Gasteiger partial charge in [-0.15, -0.1) is 11.3 Å². The standard InChI is InChI=1S/C15H25N3O2S/c1-15(2,3)20-14(19)18-7-5-6-12(18)9-17(4)10-13-8-16-11-21-13/h8,11-12H,5-7,9-10H2,1-4H3/t12-/m0/s1. The van der Waals surface area contributed by atoms with Crippen molar-refractivity contribution in [3.63, 3.8) is 0 Å². The lowest BCUT2D eigenvalue weighted by Gasteiger charge is -2.30. The molecule has 1 aliphatic rings. The van der Waals surface area contributed by atoms with E-state index in [1.807, 2.05) is 37.4 Å². The molecule has 0 aliphatic carbocycles. The number of thiazole rings is 1. The van der Waals surface area contributed by atoms with Crippen molar-refractivity contribution in [2.24, 2.45) is 0 Å². The summed E-state index contributed by atoms with van der Waals surface area (Å²) in [6.45, 7) is 8.28. The molecular formula is C15H25N3O2S. The third-order valence-corrected chi connectivity index (χ3v) is 4.20. The highest BCUT2D eigenvalue weighted by Crippen LogP contribution is 2.22. The minimum absolute atomic E-state index is 0.184. The molecule has 2 heterocycles. The summed E-state index contributed by atoms with van der Waals surface area (Å²) in [7, 11) is 2.09. The maximum atomic E-state index is 12.2. The molecule has 21 heavy (non-hydrogen) atoms. The van der Waals surface area contributed by atoms with Crippen LogP contribution in [-0.4, -0.2) is 52.7 Å². The van der Waals surface area contributed by atoms with Gasteiger partial charge >= 0.3 is 6.09 Å². The number of nitrogens with zero attached hydrogens (tertiary/aromatic N) is 3. The zero-order valence-corrected chi connectivity index (χ0v) is 14.2. The Balaban J connectivity index is 1.88. The molecule has 0 bridgehead atoms. The summed E-state index contributed by atoms with van der Waals surface area (Å²) < 4.78 is 5.50. The number of likely N-dealkylation sites (N-methyl/N-ethyl adjacent to an activating group) is 1. The Bertz CT molecular complexity index is 456. The number of likely N-dealkylation sites (tertiary alicyclic amines) is 1. The van der Waals surface area contributed by atoms with Crippen molar-refractivity contribution in [3.05, 3.63) is 16.6 Å². The van der Waals surface area contributed by atoms with Crippen molar-refractivity contribution < 1.29 is 9.53 Å². The highest BCUT2D eigenvalue weighted by molar-refractivity contribution is 7.09. The smallest absolute Gasteiger partial charge is 0.410 e. The summed E-state index contributed by atoms with van der Waals surface area (Å²) in [4.78, 5) is 21.7. The molecule has 1 aliphatic heterocycles. The van der Waals surface area contributed by atoms with Crippen LogP contribution in [0.1, 0.15) is 38.5 Å². The van der Waals surface area contributed by atoms with Gasteiger partial charge in [-0.1, -0.05) is 0 Å². The third kappa shape index (κ3) is 4.97. The molecule has 1 aromatic heterocycles. The molecule has 0 unspecified atom stereocenters. The van der Waals surface area contributed by atoms with E-state index in [1.54, 1.807) is 11.3 Å². The molecular weight excluding hydrogens is 286 g/mol. The molecule has 6 heteroatoms. The first-order chi connectivity index (χ1) is 9.85. The first kappa shape index (κ1) is 16.2. The normalized spacial score (nSPS) is 19.3. The van der Waals surface area contributed by atoms with Gasteiger partial charge < -0.3 is 9.64 Å². The van der Waals surface area contributed by atoms with Gasteiger partial charge in [0.05, 0.1) is 5.51 Å². The van der Waals surface area contributed by atoms with E-state index in [2.05, 4.69) is 16.9 Å². The molecule has 1 amide bonds. The first-order valence-electron chi connectivity index (χ1n) is 7.41. The van der Waals surface area contributed by atoms with Crippen molar-refractivity contribution in [3.8, 4) is 0 Å². The summed E-state index contributed by atoms with van der Waals surface area (Å²) in [6, 6.07) is 0.248. The Kier molecular flexibility index (Phi) is 5.22. The molecule has 1 atom stereocenters. The van der Waals surface area contributed by atoms with Gasteiger partial charge in [-0.25, -0.2) is 4.79 Å². The first-order valence-corrected chi connectivity index (χ1v) is 8.28. The van der Waals surface area contributed by atoms with Crippen LogP contribution in [0, 0.1) is 0 Å². The topological polar surface area (TPSA) is 45.7 Å². The minimum atomic E-state index is -0.432. The fourth-order valence-electron chi connectivity index (χ4n) is 2.60. The number of hydrogen-bond acceptors (Lipinski definition) is 5. The average molecular weight is 311 g/mol. The average Bonchev–Trinajstić information content (AvgIpc) is 2.97. The van der Waals surface area contributed by atoms with Gasteiger partial charge in [0.1, 0.15) is 5.60 Å². The van der Waals surface area contributed by atoms with Gasteiger partial charge in [0.15, 0.2) is 0 Å². The third-order valence-electron chi connectivity index (χ3n) is 3.44. The Labute approximate surface area is 130 Å². The van der Waals surface area contributed by atoms with Crippen LogP contribution in [-0.2, 0) is 11.3 Å². The molecule has 1 saturated heterocycles. The Morgan fingerprint density at radius 2 is 2.33 bits per heavy atom. The molecule has 1 fully saturated rings. The maximum absolute atomic E-state index is 12.2. The zero-order valence-electron chi connectivity index (χ0n) is 13.3. The van der Waals surface area contributed by atoms with Crippen LogP contribution in [0.3, 0.4) is 0 Å². The molecule has 5 nitrogen and oxygen atoms in total. The highest BCUT2D eigenvalue weighted by Gasteiger charge is 2.32. The van der Waals surface area contributed by atoms with E-state index in [-0.39, 0.29) is 12.1 Å². The molecule has 0 N–H and O–H groups in total. The summed E-state index contributed by atoms with van der Waals surface area (Å²) in [6.07, 6.45) is 3.82. The molecule has 0 saturated carbocycles. The lowest BCUT2D eigenvalue weighted by Crippen LogP contribution is -2.44. The van der Waals surface area contributed by atoms with E-state index in [4.69, 9.17) is 4.74 Å². The Morgan fingerprint density at radius 3 is 2.95 bits per heavy atom. The number of aromatic nitrogens is 1. The van der Waals surface area contributed by atoms with Crippen LogP contribution >= 0.6 is 11.3 Å². The van der Waals surface area contributed by atoms with E-state index in [1.165, 1.54) is 4.88 Å². The number of amides is 1. The molecule has 2 rings (SSSR count). The predicted octanol–water partition coefficient (Wildman–Crippen LogP) is 2.97. The number of rotatable bonds is 4. The minimum Gasteiger partial charge on any atom is -0.444 e. The summed E-state index contributed by atoms with van der Waals surface area (Å²) >= 11 is 1.67. The second-order valence-corrected chi connectivity index (χ2v) is 7.61. The highest BCUT2D eigenvalue weighted by atomic mass is 32.1. The van der Waals surface area contributed by atoms with Crippen LogP contribution in [0.25, 0.3) is 0 Å². The predicted molar refractivity (Wildman–Crippen MR) is 84.4 cm³/mol. The SMILES string of the molecule is CN(Cc1cncs1)C[C@@H]1CCCN1C(=O)OC(C)(C)C. The summed E-state index contributed by atoms with van der Waals surface area (Å²) in [5.74, 6) is 0. The molecule has 0 spiro atoms. The number of carbonyl (C=O) groups excluding carboxylic acids is 1. The second kappa shape index (κ2) is 6.75. The van der Waals surface area contributed by atoms with Crippen LogP contribution in [0.15, 0.2) is 11.7 Å². The van der Waals surface area contributed by atoms with Gasteiger partial charge in [-0.05, 0) is 40.7 Å². The maximum Gasteiger partial charge on any atom is 0.410 e. The van der Waals surface area contributed by atoms with Crippen molar-refractivity contribution >= 4 is 17.4 Å². The van der Waals surface area contributed by atoms with E-state index >= 15 is 0 Å². The van der Waals surface area contributed by atoms with Gasteiger partial charge in [0.25, 0.3) is 0 Å². The van der Waals surface area contributed by atoms with E-state index in [9.17, 15) is 4.79 Å². The lowest BCUT2D eigenvalue weighted by molar-refractivity contribution is 0.0202. The summed E-state index contributed by atoms with van der Waals surface area (Å²) in [5, 5.41) is 0. The Morgan fingerprint density at radius 1 is 1.57 bits per heavy atom. The largest absolute Gasteiger partial charge is 0.444 e. The van der Waals surface area contributed by atoms with Crippen molar-refractivity contribution in [1.82, 2.24) is 14.8 Å². The van der Waals surface area contributed by atoms with Gasteiger partial charge in [-0.2, -0.15) is 0 Å². The second-order valence-electron chi connectivity index (χ2n) is 6.63. The van der Waals surface area contributed by atoms with Crippen molar-refractivity contribution in [1.29, 1.82) is 0 Å². The van der Waals surface area contributed by atoms with E-state index in [0.29, 0.717) is 0 Å². The molecule has 1 aromatic rings. The molecule has 0 aromatic carbocycles. The Hall–Kier alpha value is -1.14. The summed E-state index contributed by atoms with van der Waals surface area (Å²) in [5.41, 5.74) is 1.42. The van der Waals surface area contributed by atoms with Crippen LogP contribution in [0.2, 0.25) is 0 Å². The number of ether oxygens (including phenoxy) is 1. The zero-order chi connectivity index (χ0) is 15.5. The van der Waals surface area contributed by atoms with Gasteiger partial charge in [0.2, 0.25) is 0 Å². The quantitative estimate of drug-likeness (QED) is 0.857. The van der Waals surface area contributed by atoms with Crippen molar-refractivity contribution in [2.45, 2.75) is 51.8 Å². The van der Waals surface area contributed by atoms with Crippen LogP contribution in [0.5, 0.6) is 0 Å². The van der Waals surface area contributed by atoms with Gasteiger partial charge in [0, 0.05) is 36.8 Å².